The Kier molecular flexibility index (Phi) is 4.16. The van der Waals surface area contributed by atoms with E-state index in [2.05, 4.69) is 11.4 Å². The first kappa shape index (κ1) is 14.4. The van der Waals surface area contributed by atoms with Gasteiger partial charge in [-0.2, -0.15) is 0 Å². The van der Waals surface area contributed by atoms with Gasteiger partial charge in [-0.1, -0.05) is 17.2 Å². The summed E-state index contributed by atoms with van der Waals surface area (Å²) >= 11 is 0. The molecule has 0 bridgehead atoms. The van der Waals surface area contributed by atoms with Gasteiger partial charge in [0.1, 0.15) is 0 Å². The third-order valence-electron chi connectivity index (χ3n) is 4.15. The summed E-state index contributed by atoms with van der Waals surface area (Å²) in [5.74, 6) is 1.54. The van der Waals surface area contributed by atoms with Gasteiger partial charge in [0.15, 0.2) is 0 Å². The summed E-state index contributed by atoms with van der Waals surface area (Å²) in [5.41, 5.74) is 3.18. The van der Waals surface area contributed by atoms with Crippen molar-refractivity contribution < 1.29 is 4.79 Å². The summed E-state index contributed by atoms with van der Waals surface area (Å²) < 4.78 is 0. The molecule has 1 aromatic carbocycles. The first-order chi connectivity index (χ1) is 8.63. The quantitative estimate of drug-likeness (QED) is 0.854. The number of hydrogen-bond donors (Lipinski definition) is 1. The SMILES string of the molecule is Cc1cc(C)cc(C(=O)N2C[C@H]3CNC[C@H]3C2)c1.Cl. The average molecular weight is 281 g/mol. The monoisotopic (exact) mass is 280 g/mol. The van der Waals surface area contributed by atoms with Gasteiger partial charge in [-0.15, -0.1) is 12.4 Å². The molecule has 19 heavy (non-hydrogen) atoms. The molecular formula is C15H21ClN2O. The predicted molar refractivity (Wildman–Crippen MR) is 78.9 cm³/mol. The van der Waals surface area contributed by atoms with Crippen molar-refractivity contribution >= 4 is 18.3 Å². The van der Waals surface area contributed by atoms with Crippen LogP contribution in [0.3, 0.4) is 0 Å². The molecule has 1 amide bonds. The van der Waals surface area contributed by atoms with E-state index in [-0.39, 0.29) is 18.3 Å². The van der Waals surface area contributed by atoms with Gasteiger partial charge in [0.25, 0.3) is 5.91 Å². The highest BCUT2D eigenvalue weighted by molar-refractivity contribution is 5.94. The maximum atomic E-state index is 12.5. The maximum absolute atomic E-state index is 12.5. The number of fused-ring (bicyclic) bond motifs is 1. The van der Waals surface area contributed by atoms with Crippen LogP contribution < -0.4 is 5.32 Å². The number of aryl methyl sites for hydroxylation is 2. The zero-order chi connectivity index (χ0) is 12.7. The minimum Gasteiger partial charge on any atom is -0.338 e. The van der Waals surface area contributed by atoms with Crippen molar-refractivity contribution in [1.82, 2.24) is 10.2 Å². The molecule has 2 aliphatic rings. The van der Waals surface area contributed by atoms with E-state index in [1.807, 2.05) is 30.9 Å². The molecule has 0 saturated carbocycles. The molecule has 2 heterocycles. The Bertz CT molecular complexity index is 457. The molecule has 2 fully saturated rings. The highest BCUT2D eigenvalue weighted by Gasteiger charge is 2.38. The Balaban J connectivity index is 0.00000133. The predicted octanol–water partition coefficient (Wildman–Crippen LogP) is 2.02. The van der Waals surface area contributed by atoms with Crippen LogP contribution in [0.15, 0.2) is 18.2 Å². The van der Waals surface area contributed by atoms with Crippen molar-refractivity contribution in [3.63, 3.8) is 0 Å². The normalized spacial score (nSPS) is 25.1. The Labute approximate surface area is 120 Å². The van der Waals surface area contributed by atoms with E-state index in [0.717, 1.165) is 31.7 Å². The van der Waals surface area contributed by atoms with E-state index in [9.17, 15) is 4.79 Å². The van der Waals surface area contributed by atoms with E-state index >= 15 is 0 Å². The zero-order valence-electron chi connectivity index (χ0n) is 11.5. The lowest BCUT2D eigenvalue weighted by Crippen LogP contribution is -2.31. The number of carbonyl (C=O) groups excluding carboxylic acids is 1. The number of amides is 1. The second-order valence-corrected chi connectivity index (χ2v) is 5.76. The number of carbonyl (C=O) groups is 1. The van der Waals surface area contributed by atoms with E-state index in [4.69, 9.17) is 0 Å². The van der Waals surface area contributed by atoms with Crippen LogP contribution in [0, 0.1) is 25.7 Å². The van der Waals surface area contributed by atoms with Crippen LogP contribution >= 0.6 is 12.4 Å². The average Bonchev–Trinajstić information content (AvgIpc) is 2.86. The standard InChI is InChI=1S/C15H20N2O.ClH/c1-10-3-11(2)5-12(4-10)15(18)17-8-13-6-16-7-14(13)9-17;/h3-5,13-14,16H,6-9H2,1-2H3;1H/t13-,14+;. The van der Waals surface area contributed by atoms with Crippen LogP contribution in [0.1, 0.15) is 21.5 Å². The lowest BCUT2D eigenvalue weighted by molar-refractivity contribution is 0.0781. The zero-order valence-corrected chi connectivity index (χ0v) is 12.3. The van der Waals surface area contributed by atoms with Gasteiger partial charge in [0.2, 0.25) is 0 Å². The molecule has 3 nitrogen and oxygen atoms in total. The van der Waals surface area contributed by atoms with Crippen molar-refractivity contribution in [1.29, 1.82) is 0 Å². The van der Waals surface area contributed by atoms with Crippen LogP contribution in [0.25, 0.3) is 0 Å². The molecule has 1 N–H and O–H groups in total. The Morgan fingerprint density at radius 1 is 1.11 bits per heavy atom. The molecule has 2 atom stereocenters. The first-order valence-corrected chi connectivity index (χ1v) is 6.72. The fourth-order valence-corrected chi connectivity index (χ4v) is 3.30. The Morgan fingerprint density at radius 2 is 1.63 bits per heavy atom. The number of likely N-dealkylation sites (tertiary alicyclic amines) is 1. The molecule has 104 valence electrons. The first-order valence-electron chi connectivity index (χ1n) is 6.72. The van der Waals surface area contributed by atoms with Crippen LogP contribution in [0.4, 0.5) is 0 Å². The molecular weight excluding hydrogens is 260 g/mol. The molecule has 0 aliphatic carbocycles. The smallest absolute Gasteiger partial charge is 0.253 e. The lowest BCUT2D eigenvalue weighted by atomic mass is 10.0. The van der Waals surface area contributed by atoms with Gasteiger partial charge in [-0.3, -0.25) is 4.79 Å². The lowest BCUT2D eigenvalue weighted by Gasteiger charge is -2.18. The number of hydrogen-bond acceptors (Lipinski definition) is 2. The third kappa shape index (κ3) is 2.77. The fourth-order valence-electron chi connectivity index (χ4n) is 3.30. The maximum Gasteiger partial charge on any atom is 0.253 e. The Hall–Kier alpha value is -1.06. The number of nitrogens with zero attached hydrogens (tertiary/aromatic N) is 1. The molecule has 3 rings (SSSR count). The molecule has 4 heteroatoms. The van der Waals surface area contributed by atoms with Gasteiger partial charge in [-0.05, 0) is 37.8 Å². The van der Waals surface area contributed by atoms with E-state index in [0.29, 0.717) is 11.8 Å². The summed E-state index contributed by atoms with van der Waals surface area (Å²) in [6.07, 6.45) is 0. The summed E-state index contributed by atoms with van der Waals surface area (Å²) in [7, 11) is 0. The molecule has 0 spiro atoms. The molecule has 0 aromatic heterocycles. The van der Waals surface area contributed by atoms with Crippen molar-refractivity contribution in [3.8, 4) is 0 Å². The molecule has 1 aromatic rings. The highest BCUT2D eigenvalue weighted by Crippen LogP contribution is 2.27. The van der Waals surface area contributed by atoms with Crippen molar-refractivity contribution in [3.05, 3.63) is 34.9 Å². The Morgan fingerprint density at radius 3 is 2.16 bits per heavy atom. The van der Waals surface area contributed by atoms with Crippen molar-refractivity contribution in [2.24, 2.45) is 11.8 Å². The summed E-state index contributed by atoms with van der Waals surface area (Å²) in [4.78, 5) is 14.5. The highest BCUT2D eigenvalue weighted by atomic mass is 35.5. The number of benzene rings is 1. The molecule has 2 aliphatic heterocycles. The summed E-state index contributed by atoms with van der Waals surface area (Å²) in [5, 5.41) is 3.40. The van der Waals surface area contributed by atoms with E-state index in [1.165, 1.54) is 11.1 Å². The van der Waals surface area contributed by atoms with Crippen molar-refractivity contribution in [2.75, 3.05) is 26.2 Å². The van der Waals surface area contributed by atoms with Crippen molar-refractivity contribution in [2.45, 2.75) is 13.8 Å². The van der Waals surface area contributed by atoms with Gasteiger partial charge in [0.05, 0.1) is 0 Å². The van der Waals surface area contributed by atoms with Crippen LogP contribution in [-0.2, 0) is 0 Å². The van der Waals surface area contributed by atoms with Crippen LogP contribution in [0.5, 0.6) is 0 Å². The summed E-state index contributed by atoms with van der Waals surface area (Å²) in [6.45, 7) is 8.08. The topological polar surface area (TPSA) is 32.3 Å². The number of halogens is 1. The third-order valence-corrected chi connectivity index (χ3v) is 4.15. The summed E-state index contributed by atoms with van der Waals surface area (Å²) in [6, 6.07) is 6.11. The minimum atomic E-state index is 0. The van der Waals surface area contributed by atoms with Gasteiger partial charge in [-0.25, -0.2) is 0 Å². The van der Waals surface area contributed by atoms with Crippen LogP contribution in [-0.4, -0.2) is 37.0 Å². The van der Waals surface area contributed by atoms with E-state index < -0.39 is 0 Å². The number of nitrogens with one attached hydrogen (secondary N) is 1. The minimum absolute atomic E-state index is 0. The largest absolute Gasteiger partial charge is 0.338 e. The fraction of sp³-hybridized carbons (Fsp3) is 0.533. The van der Waals surface area contributed by atoms with Gasteiger partial charge in [0, 0.05) is 31.7 Å². The molecule has 0 unspecified atom stereocenters. The molecule has 0 radical (unpaired) electrons. The second kappa shape index (κ2) is 5.51. The van der Waals surface area contributed by atoms with E-state index in [1.54, 1.807) is 0 Å². The van der Waals surface area contributed by atoms with Gasteiger partial charge >= 0.3 is 0 Å². The molecule has 2 saturated heterocycles. The number of rotatable bonds is 1. The second-order valence-electron chi connectivity index (χ2n) is 5.76. The van der Waals surface area contributed by atoms with Gasteiger partial charge < -0.3 is 10.2 Å². The van der Waals surface area contributed by atoms with Crippen LogP contribution in [0.2, 0.25) is 0 Å².